The van der Waals surface area contributed by atoms with Gasteiger partial charge >= 0.3 is 17.1 Å². The van der Waals surface area contributed by atoms with E-state index in [0.29, 0.717) is 0 Å². The molecule has 279 valence electrons. The van der Waals surface area contributed by atoms with Crippen LogP contribution in [0.25, 0.3) is 90.9 Å². The molecular formula is C46H39FeN8O2+4. The average Bonchev–Trinajstić information content (AvgIpc) is 4.02. The minimum atomic E-state index is -1.08. The second-order valence-electron chi connectivity index (χ2n) is 13.9. The SMILES string of the molecule is CC(=O)[O-].C[n+]1ccc(-c2c3nc(c(-c4cc[n+](C)cc4)c4ccc([n-]4)c(-c4cc[n+](C)cc4)c4nc(c(-c5cc[n+](C)cc5)c5ccc2[n-]5)C=C4)C=C3)cc1.[Fe+3]. The van der Waals surface area contributed by atoms with Gasteiger partial charge in [-0.25, -0.2) is 28.2 Å². The molecule has 0 N–H and O–H groups in total. The van der Waals surface area contributed by atoms with Crippen molar-refractivity contribution in [3.8, 4) is 44.5 Å². The Morgan fingerprint density at radius 3 is 0.825 bits per heavy atom. The van der Waals surface area contributed by atoms with Crippen LogP contribution in [0.2, 0.25) is 0 Å². The Bertz CT molecular complexity index is 2480. The van der Waals surface area contributed by atoms with Crippen molar-refractivity contribution in [3.63, 3.8) is 0 Å². The first-order valence-electron chi connectivity index (χ1n) is 18.2. The molecule has 11 heteroatoms. The Morgan fingerprint density at radius 2 is 0.632 bits per heavy atom. The molecule has 0 amide bonds. The van der Waals surface area contributed by atoms with Gasteiger partial charge in [0.25, 0.3) is 0 Å². The van der Waals surface area contributed by atoms with Crippen molar-refractivity contribution in [2.45, 2.75) is 6.92 Å². The number of aromatic nitrogens is 8. The molecule has 0 aliphatic carbocycles. The molecule has 0 saturated carbocycles. The molecule has 10 nitrogen and oxygen atoms in total. The number of hydrogen-bond donors (Lipinski definition) is 0. The fourth-order valence-electron chi connectivity index (χ4n) is 6.94. The van der Waals surface area contributed by atoms with Gasteiger partial charge in [0.05, 0.1) is 22.8 Å². The van der Waals surface area contributed by atoms with Crippen molar-refractivity contribution in [1.29, 1.82) is 0 Å². The Kier molecular flexibility index (Phi) is 10.9. The standard InChI is InChI=1S/C44H36N8.C2H4O2.Fe/c1-49-21-13-29(14-22-49)41-33-5-7-35(45-33)42(30-15-23-50(2)24-16-30)37-9-11-39(47-37)44(32-19-27-52(4)28-20-32)40-12-10-38(48-40)43(36-8-6-34(41)46-36)31-17-25-51(3)26-18-31;1-2(3)4;/h5-28H,1-4H3;1H3,(H,3,4);/q+2;;+3/p-1. The van der Waals surface area contributed by atoms with Crippen LogP contribution in [0.3, 0.4) is 0 Å². The summed E-state index contributed by atoms with van der Waals surface area (Å²) in [5.41, 5.74) is 14.7. The molecule has 9 rings (SSSR count). The van der Waals surface area contributed by atoms with Crippen molar-refractivity contribution in [2.75, 3.05) is 0 Å². The summed E-state index contributed by atoms with van der Waals surface area (Å²) in [6.07, 6.45) is 24.9. The summed E-state index contributed by atoms with van der Waals surface area (Å²) >= 11 is 0. The average molecular weight is 792 g/mol. The molecule has 2 aliphatic rings. The van der Waals surface area contributed by atoms with Crippen LogP contribution in [0.4, 0.5) is 0 Å². The molecule has 7 aromatic rings. The number of aryl methyl sites for hydroxylation is 4. The van der Waals surface area contributed by atoms with Gasteiger partial charge in [-0.2, -0.15) is 0 Å². The number of rotatable bonds is 4. The van der Waals surface area contributed by atoms with E-state index in [4.69, 9.17) is 29.8 Å². The summed E-state index contributed by atoms with van der Waals surface area (Å²) in [5, 5.41) is 8.89. The van der Waals surface area contributed by atoms with E-state index in [1.54, 1.807) is 0 Å². The number of carbonyl (C=O) groups excluding carboxylic acids is 1. The van der Waals surface area contributed by atoms with E-state index in [1.165, 1.54) is 0 Å². The van der Waals surface area contributed by atoms with E-state index in [1.807, 2.05) is 46.5 Å². The van der Waals surface area contributed by atoms with E-state index in [9.17, 15) is 0 Å². The normalized spacial score (nSPS) is 11.5. The number of aliphatic carboxylic acids is 1. The van der Waals surface area contributed by atoms with E-state index < -0.39 is 5.97 Å². The Hall–Kier alpha value is -6.81. The topological polar surface area (TPSA) is 110 Å². The third kappa shape index (κ3) is 7.98. The Morgan fingerprint density at radius 1 is 0.439 bits per heavy atom. The number of pyridine rings is 4. The third-order valence-corrected chi connectivity index (χ3v) is 9.68. The number of carboxylic acids is 1. The fourth-order valence-corrected chi connectivity index (χ4v) is 6.94. The van der Waals surface area contributed by atoms with Crippen molar-refractivity contribution in [2.24, 2.45) is 28.2 Å². The summed E-state index contributed by atoms with van der Waals surface area (Å²) < 4.78 is 8.14. The van der Waals surface area contributed by atoms with E-state index >= 15 is 0 Å². The van der Waals surface area contributed by atoms with E-state index in [0.717, 1.165) is 96.3 Å². The predicted molar refractivity (Wildman–Crippen MR) is 214 cm³/mol. The second-order valence-corrected chi connectivity index (χ2v) is 13.9. The zero-order chi connectivity index (χ0) is 38.9. The summed E-state index contributed by atoms with van der Waals surface area (Å²) in [5.74, 6) is -1.08. The zero-order valence-electron chi connectivity index (χ0n) is 32.1. The van der Waals surface area contributed by atoms with Crippen LogP contribution in [0.1, 0.15) is 29.7 Å². The van der Waals surface area contributed by atoms with Crippen LogP contribution in [0.15, 0.2) is 122 Å². The molecule has 57 heavy (non-hydrogen) atoms. The molecule has 7 aromatic heterocycles. The van der Waals surface area contributed by atoms with Crippen molar-refractivity contribution >= 4 is 52.3 Å². The summed E-state index contributed by atoms with van der Waals surface area (Å²) in [7, 11) is 8.10. The Labute approximate surface area is 340 Å². The van der Waals surface area contributed by atoms with E-state index in [-0.39, 0.29) is 17.1 Å². The predicted octanol–water partition coefficient (Wildman–Crippen LogP) is 4.63. The summed E-state index contributed by atoms with van der Waals surface area (Å²) in [6, 6.07) is 25.4. The largest absolute Gasteiger partial charge is 3.00 e. The van der Waals surface area contributed by atoms with Gasteiger partial charge in [0.15, 0.2) is 49.6 Å². The monoisotopic (exact) mass is 791 g/mol. The van der Waals surface area contributed by atoms with Gasteiger partial charge in [0, 0.05) is 54.5 Å². The number of fused-ring (bicyclic) bond motifs is 8. The third-order valence-electron chi connectivity index (χ3n) is 9.68. The molecule has 0 unspecified atom stereocenters. The molecule has 0 saturated heterocycles. The zero-order valence-corrected chi connectivity index (χ0v) is 33.2. The van der Waals surface area contributed by atoms with Crippen molar-refractivity contribution in [3.05, 3.63) is 145 Å². The Balaban J connectivity index is 0.000000949. The molecule has 2 aliphatic heterocycles. The molecule has 0 aromatic carbocycles. The van der Waals surface area contributed by atoms with Crippen molar-refractivity contribution in [1.82, 2.24) is 19.9 Å². The summed E-state index contributed by atoms with van der Waals surface area (Å²) in [6.45, 7) is 0.972. The maximum Gasteiger partial charge on any atom is 3.00 e. The van der Waals surface area contributed by atoms with Crippen LogP contribution in [-0.2, 0) is 50.1 Å². The van der Waals surface area contributed by atoms with Crippen LogP contribution in [0, 0.1) is 0 Å². The molecule has 0 atom stereocenters. The summed E-state index contributed by atoms with van der Waals surface area (Å²) in [4.78, 5) is 30.3. The first-order chi connectivity index (χ1) is 27.1. The van der Waals surface area contributed by atoms with Gasteiger partial charge < -0.3 is 19.9 Å². The van der Waals surface area contributed by atoms with Crippen LogP contribution >= 0.6 is 0 Å². The molecule has 0 fully saturated rings. The van der Waals surface area contributed by atoms with Gasteiger partial charge in [0.2, 0.25) is 0 Å². The second kappa shape index (κ2) is 16.1. The smallest absolute Gasteiger partial charge is 0.657 e. The van der Waals surface area contributed by atoms with Crippen molar-refractivity contribution < 1.29 is 45.2 Å². The fraction of sp³-hybridized carbons (Fsp3) is 0.109. The number of nitrogens with zero attached hydrogens (tertiary/aromatic N) is 8. The van der Waals surface area contributed by atoms with Gasteiger partial charge in [-0.05, 0) is 75.7 Å². The number of carboxylic acid groups (broad SMARTS) is 1. The van der Waals surface area contributed by atoms with Gasteiger partial charge in [-0.1, -0.05) is 24.3 Å². The van der Waals surface area contributed by atoms with Gasteiger partial charge in [-0.3, -0.25) is 0 Å². The maximum absolute atomic E-state index is 8.89. The van der Waals surface area contributed by atoms with Gasteiger partial charge in [-0.15, -0.1) is 22.1 Å². The number of hydrogen-bond acceptors (Lipinski definition) is 4. The molecule has 8 bridgehead atoms. The van der Waals surface area contributed by atoms with E-state index in [2.05, 4.69) is 147 Å². The first kappa shape index (κ1) is 38.5. The van der Waals surface area contributed by atoms with Crippen LogP contribution < -0.4 is 33.3 Å². The first-order valence-corrected chi connectivity index (χ1v) is 18.2. The maximum atomic E-state index is 8.89. The van der Waals surface area contributed by atoms with Gasteiger partial charge in [0.1, 0.15) is 28.2 Å². The van der Waals surface area contributed by atoms with Crippen LogP contribution in [0.5, 0.6) is 0 Å². The minimum absolute atomic E-state index is 0. The molecular weight excluding hydrogens is 752 g/mol. The molecule has 9 heterocycles. The minimum Gasteiger partial charge on any atom is -0.657 e. The quantitative estimate of drug-likeness (QED) is 0.190. The number of carbonyl (C=O) groups is 1. The van der Waals surface area contributed by atoms with Crippen LogP contribution in [-0.4, -0.2) is 15.9 Å². The molecule has 1 radical (unpaired) electrons. The molecule has 0 spiro atoms.